The van der Waals surface area contributed by atoms with Crippen LogP contribution in [-0.2, 0) is 13.3 Å². The quantitative estimate of drug-likeness (QED) is 0.323. The van der Waals surface area contributed by atoms with Crippen LogP contribution < -0.4 is 0 Å². The van der Waals surface area contributed by atoms with Gasteiger partial charge in [-0.3, -0.25) is 0 Å². The molecule has 2 unspecified atom stereocenters. The van der Waals surface area contributed by atoms with Crippen LogP contribution >= 0.6 is 22.6 Å². The molecule has 1 rings (SSSR count). The fourth-order valence-corrected chi connectivity index (χ4v) is 5.57. The second-order valence-corrected chi connectivity index (χ2v) is 9.72. The monoisotopic (exact) mass is 422 g/mol. The van der Waals surface area contributed by atoms with Crippen molar-refractivity contribution in [1.82, 2.24) is 0 Å². The Hall–Kier alpha value is 0.0469. The molecule has 0 saturated heterocycles. The van der Waals surface area contributed by atoms with E-state index < -0.39 is 8.80 Å². The maximum Gasteiger partial charge on any atom is 0.508 e. The van der Waals surface area contributed by atoms with E-state index in [0.29, 0.717) is 23.7 Å². The number of halogens is 1. The van der Waals surface area contributed by atoms with Gasteiger partial charge in [0.2, 0.25) is 0 Å². The van der Waals surface area contributed by atoms with E-state index in [0.717, 1.165) is 0 Å². The Bertz CT molecular complexity index is 409. The molecule has 0 N–H and O–H groups in total. The summed E-state index contributed by atoms with van der Waals surface area (Å²) in [5.41, 5.74) is 2.69. The summed E-state index contributed by atoms with van der Waals surface area (Å²) in [6.45, 7) is 12.2. The smallest absolute Gasteiger partial charge is 0.373 e. The van der Waals surface area contributed by atoms with Crippen molar-refractivity contribution in [3.63, 3.8) is 0 Å². The first-order valence-corrected chi connectivity index (χ1v) is 10.7. The zero-order valence-electron chi connectivity index (χ0n) is 13.7. The minimum absolute atomic E-state index is 0.132. The Morgan fingerprint density at radius 2 is 1.43 bits per heavy atom. The molecule has 0 spiro atoms. The standard InChI is InChI=1S/C16H27IO3Si/c1-6-18-21(19-7-2,20-8-3)14(5)16-11-9-10-15(12-16)13(4)17/h9-14H,6-8H2,1-5H3. The molecule has 0 aromatic heterocycles. The fourth-order valence-electron chi connectivity index (χ4n) is 2.38. The fraction of sp³-hybridized carbons (Fsp3) is 0.625. The second-order valence-electron chi connectivity index (χ2n) is 4.91. The lowest BCUT2D eigenvalue weighted by Gasteiger charge is -2.33. The topological polar surface area (TPSA) is 27.7 Å². The van der Waals surface area contributed by atoms with E-state index in [4.69, 9.17) is 13.3 Å². The van der Waals surface area contributed by atoms with Crippen LogP contribution in [0.2, 0.25) is 0 Å². The molecule has 0 radical (unpaired) electrons. The van der Waals surface area contributed by atoms with E-state index in [1.807, 2.05) is 20.8 Å². The second kappa shape index (κ2) is 9.25. The van der Waals surface area contributed by atoms with Gasteiger partial charge in [-0.25, -0.2) is 0 Å². The molecule has 1 aromatic carbocycles. The number of benzene rings is 1. The molecule has 21 heavy (non-hydrogen) atoms. The third-order valence-electron chi connectivity index (χ3n) is 3.44. The molecule has 0 saturated carbocycles. The Morgan fingerprint density at radius 1 is 0.952 bits per heavy atom. The van der Waals surface area contributed by atoms with Gasteiger partial charge in [0, 0.05) is 23.7 Å². The van der Waals surface area contributed by atoms with Gasteiger partial charge in [0.1, 0.15) is 0 Å². The van der Waals surface area contributed by atoms with Gasteiger partial charge in [0.05, 0.1) is 5.54 Å². The molecular weight excluding hydrogens is 395 g/mol. The van der Waals surface area contributed by atoms with Gasteiger partial charge in [-0.05, 0) is 38.8 Å². The first-order valence-electron chi connectivity index (χ1n) is 7.66. The minimum atomic E-state index is -2.70. The largest absolute Gasteiger partial charge is 0.508 e. The highest BCUT2D eigenvalue weighted by Crippen LogP contribution is 2.32. The molecule has 120 valence electrons. The summed E-state index contributed by atoms with van der Waals surface area (Å²) in [6.07, 6.45) is 0. The van der Waals surface area contributed by atoms with Crippen LogP contribution in [0.25, 0.3) is 0 Å². The van der Waals surface area contributed by atoms with Gasteiger partial charge >= 0.3 is 8.80 Å². The van der Waals surface area contributed by atoms with E-state index in [-0.39, 0.29) is 5.54 Å². The zero-order valence-corrected chi connectivity index (χ0v) is 16.8. The van der Waals surface area contributed by atoms with Gasteiger partial charge < -0.3 is 13.3 Å². The molecular formula is C16H27IO3Si. The molecule has 0 aliphatic carbocycles. The van der Waals surface area contributed by atoms with Crippen LogP contribution in [0.15, 0.2) is 24.3 Å². The summed E-state index contributed by atoms with van der Waals surface area (Å²) in [4.78, 5) is 0. The summed E-state index contributed by atoms with van der Waals surface area (Å²) in [5, 5.41) is 0. The summed E-state index contributed by atoms with van der Waals surface area (Å²) in [5.74, 6) is 0. The molecule has 2 atom stereocenters. The lowest BCUT2D eigenvalue weighted by Crippen LogP contribution is -2.51. The molecule has 0 aliphatic heterocycles. The lowest BCUT2D eigenvalue weighted by molar-refractivity contribution is 0.0633. The Kier molecular flexibility index (Phi) is 8.41. The lowest BCUT2D eigenvalue weighted by atomic mass is 10.1. The summed E-state index contributed by atoms with van der Waals surface area (Å²) in [6, 6.07) is 8.67. The summed E-state index contributed by atoms with van der Waals surface area (Å²) >= 11 is 2.44. The van der Waals surface area contributed by atoms with E-state index in [9.17, 15) is 0 Å². The Labute approximate surface area is 143 Å². The number of hydrogen-bond acceptors (Lipinski definition) is 3. The van der Waals surface area contributed by atoms with E-state index in [2.05, 4.69) is 60.7 Å². The summed E-state index contributed by atoms with van der Waals surface area (Å²) < 4.78 is 18.5. The van der Waals surface area contributed by atoms with Crippen LogP contribution in [0.1, 0.15) is 55.2 Å². The van der Waals surface area contributed by atoms with E-state index in [1.54, 1.807) is 0 Å². The van der Waals surface area contributed by atoms with Crippen molar-refractivity contribution < 1.29 is 13.3 Å². The van der Waals surface area contributed by atoms with E-state index in [1.165, 1.54) is 11.1 Å². The molecule has 0 amide bonds. The van der Waals surface area contributed by atoms with Crippen LogP contribution in [-0.4, -0.2) is 28.6 Å². The number of rotatable bonds is 9. The maximum absolute atomic E-state index is 6.02. The first kappa shape index (κ1) is 19.1. The highest BCUT2D eigenvalue weighted by Gasteiger charge is 2.47. The van der Waals surface area contributed by atoms with Crippen molar-refractivity contribution in [2.75, 3.05) is 19.8 Å². The highest BCUT2D eigenvalue weighted by atomic mass is 127. The van der Waals surface area contributed by atoms with Gasteiger partial charge in [0.25, 0.3) is 0 Å². The van der Waals surface area contributed by atoms with Crippen molar-refractivity contribution >= 4 is 31.4 Å². The van der Waals surface area contributed by atoms with E-state index >= 15 is 0 Å². The Balaban J connectivity index is 3.13. The molecule has 5 heteroatoms. The van der Waals surface area contributed by atoms with Crippen molar-refractivity contribution in [2.24, 2.45) is 0 Å². The average Bonchev–Trinajstić information content (AvgIpc) is 2.47. The predicted molar refractivity (Wildman–Crippen MR) is 97.9 cm³/mol. The first-order chi connectivity index (χ1) is 10.0. The van der Waals surface area contributed by atoms with Crippen molar-refractivity contribution in [1.29, 1.82) is 0 Å². The van der Waals surface area contributed by atoms with Crippen molar-refractivity contribution in [3.05, 3.63) is 35.4 Å². The number of alkyl halides is 1. The normalized spacial score (nSPS) is 15.0. The van der Waals surface area contributed by atoms with Crippen LogP contribution in [0.5, 0.6) is 0 Å². The van der Waals surface area contributed by atoms with Crippen molar-refractivity contribution in [3.8, 4) is 0 Å². The number of hydrogen-bond donors (Lipinski definition) is 0. The SMILES string of the molecule is CCO[Si](OCC)(OCC)C(C)c1cccc(C(C)I)c1. The van der Waals surface area contributed by atoms with Crippen molar-refractivity contribution in [2.45, 2.75) is 44.1 Å². The zero-order chi connectivity index (χ0) is 15.9. The maximum atomic E-state index is 6.02. The third-order valence-corrected chi connectivity index (χ3v) is 7.62. The van der Waals surface area contributed by atoms with Gasteiger partial charge in [-0.15, -0.1) is 0 Å². The Morgan fingerprint density at radius 3 is 1.86 bits per heavy atom. The molecule has 1 aromatic rings. The molecule has 0 heterocycles. The highest BCUT2D eigenvalue weighted by molar-refractivity contribution is 14.1. The average molecular weight is 422 g/mol. The van der Waals surface area contributed by atoms with Gasteiger partial charge in [-0.2, -0.15) is 0 Å². The van der Waals surface area contributed by atoms with Crippen LogP contribution in [0.4, 0.5) is 0 Å². The summed E-state index contributed by atoms with van der Waals surface area (Å²) in [7, 11) is -2.70. The van der Waals surface area contributed by atoms with Gasteiger partial charge in [0.15, 0.2) is 0 Å². The third kappa shape index (κ3) is 5.02. The molecule has 3 nitrogen and oxygen atoms in total. The minimum Gasteiger partial charge on any atom is -0.373 e. The molecule has 0 fully saturated rings. The molecule has 0 aliphatic rings. The van der Waals surface area contributed by atoms with Crippen LogP contribution in [0.3, 0.4) is 0 Å². The van der Waals surface area contributed by atoms with Gasteiger partial charge in [-0.1, -0.05) is 53.8 Å². The van der Waals surface area contributed by atoms with Crippen LogP contribution in [0, 0.1) is 0 Å². The predicted octanol–water partition coefficient (Wildman–Crippen LogP) is 4.87. The molecule has 0 bridgehead atoms.